The first-order valence-corrected chi connectivity index (χ1v) is 8.75. The van der Waals surface area contributed by atoms with Gasteiger partial charge in [-0.1, -0.05) is 6.07 Å². The Hall–Kier alpha value is -3.06. The Balaban J connectivity index is 1.57. The van der Waals surface area contributed by atoms with E-state index in [9.17, 15) is 14.0 Å². The van der Waals surface area contributed by atoms with Gasteiger partial charge in [0.05, 0.1) is 12.2 Å². The van der Waals surface area contributed by atoms with Crippen LogP contribution in [0, 0.1) is 5.82 Å². The van der Waals surface area contributed by atoms with Crippen molar-refractivity contribution in [2.24, 2.45) is 0 Å². The summed E-state index contributed by atoms with van der Waals surface area (Å²) in [5.74, 6) is -0.789. The van der Waals surface area contributed by atoms with E-state index in [4.69, 9.17) is 0 Å². The lowest BCUT2D eigenvalue weighted by Gasteiger charge is -2.04. The van der Waals surface area contributed by atoms with Gasteiger partial charge in [-0.25, -0.2) is 9.37 Å². The quantitative estimate of drug-likeness (QED) is 0.640. The number of Topliss-reactive ketones (excluding diaryl/α,β-unsaturated/α-hetero) is 1. The van der Waals surface area contributed by atoms with E-state index in [1.807, 2.05) is 17.5 Å². The van der Waals surface area contributed by atoms with E-state index < -0.39 is 5.82 Å². The molecule has 3 aromatic rings. The van der Waals surface area contributed by atoms with Crippen LogP contribution in [-0.2, 0) is 6.54 Å². The largest absolute Gasteiger partial charge is 0.346 e. The van der Waals surface area contributed by atoms with Crippen LogP contribution in [0.25, 0.3) is 0 Å². The molecule has 0 unspecified atom stereocenters. The maximum absolute atomic E-state index is 13.2. The Morgan fingerprint density at radius 1 is 1.12 bits per heavy atom. The highest BCUT2D eigenvalue weighted by molar-refractivity contribution is 7.13. The Morgan fingerprint density at radius 2 is 1.88 bits per heavy atom. The molecule has 0 bridgehead atoms. The van der Waals surface area contributed by atoms with Gasteiger partial charge in [-0.2, -0.15) is 0 Å². The first-order valence-electron chi connectivity index (χ1n) is 7.87. The summed E-state index contributed by atoms with van der Waals surface area (Å²) in [5.41, 5.74) is 2.43. The van der Waals surface area contributed by atoms with Gasteiger partial charge in [0.2, 0.25) is 0 Å². The van der Waals surface area contributed by atoms with Crippen molar-refractivity contribution >= 4 is 33.8 Å². The van der Waals surface area contributed by atoms with Crippen LogP contribution >= 0.6 is 11.3 Å². The molecule has 0 radical (unpaired) electrons. The van der Waals surface area contributed by atoms with Gasteiger partial charge in [0.1, 0.15) is 5.82 Å². The highest BCUT2D eigenvalue weighted by Gasteiger charge is 2.08. The number of halogens is 1. The smallest absolute Gasteiger partial charge is 0.251 e. The third kappa shape index (κ3) is 4.52. The minimum atomic E-state index is -0.450. The van der Waals surface area contributed by atoms with Crippen molar-refractivity contribution in [2.45, 2.75) is 13.5 Å². The standard InChI is InChI=1S/C19H16FN3O2S/c1-12(24)13-5-7-16(8-6-13)22-19-23-17(11-26-19)10-21-18(25)14-3-2-4-15(20)9-14/h2-9,11H,10H2,1H3,(H,21,25)(H,22,23). The van der Waals surface area contributed by atoms with Gasteiger partial charge in [-0.3, -0.25) is 9.59 Å². The molecule has 2 aromatic carbocycles. The molecule has 0 aliphatic heterocycles. The topological polar surface area (TPSA) is 71.1 Å². The molecule has 1 heterocycles. The molecule has 1 aromatic heterocycles. The Kier molecular flexibility index (Phi) is 5.38. The molecule has 132 valence electrons. The zero-order valence-corrected chi connectivity index (χ0v) is 14.8. The van der Waals surface area contributed by atoms with Crippen molar-refractivity contribution in [3.63, 3.8) is 0 Å². The average molecular weight is 369 g/mol. The summed E-state index contributed by atoms with van der Waals surface area (Å²) < 4.78 is 13.2. The first-order chi connectivity index (χ1) is 12.5. The lowest BCUT2D eigenvalue weighted by Crippen LogP contribution is -2.23. The number of amides is 1. The fraction of sp³-hybridized carbons (Fsp3) is 0.105. The van der Waals surface area contributed by atoms with Crippen LogP contribution in [0.5, 0.6) is 0 Å². The van der Waals surface area contributed by atoms with E-state index in [2.05, 4.69) is 15.6 Å². The zero-order valence-electron chi connectivity index (χ0n) is 14.0. The fourth-order valence-corrected chi connectivity index (χ4v) is 2.99. The average Bonchev–Trinajstić information content (AvgIpc) is 3.07. The highest BCUT2D eigenvalue weighted by Crippen LogP contribution is 2.21. The number of hydrogen-bond donors (Lipinski definition) is 2. The van der Waals surface area contributed by atoms with Crippen LogP contribution < -0.4 is 10.6 Å². The second-order valence-corrected chi connectivity index (χ2v) is 6.45. The molecule has 2 N–H and O–H groups in total. The van der Waals surface area contributed by atoms with Gasteiger partial charge >= 0.3 is 0 Å². The van der Waals surface area contributed by atoms with Gasteiger partial charge in [0, 0.05) is 22.2 Å². The van der Waals surface area contributed by atoms with Crippen LogP contribution in [0.2, 0.25) is 0 Å². The minimum absolute atomic E-state index is 0.0159. The number of thiazole rings is 1. The normalized spacial score (nSPS) is 10.4. The number of aromatic nitrogens is 1. The summed E-state index contributed by atoms with van der Waals surface area (Å²) in [6.07, 6.45) is 0. The van der Waals surface area contributed by atoms with Gasteiger partial charge in [0.15, 0.2) is 10.9 Å². The zero-order chi connectivity index (χ0) is 18.5. The molecule has 0 saturated heterocycles. The summed E-state index contributed by atoms with van der Waals surface area (Å²) >= 11 is 1.40. The monoisotopic (exact) mass is 369 g/mol. The summed E-state index contributed by atoms with van der Waals surface area (Å²) in [6.45, 7) is 1.77. The van der Waals surface area contributed by atoms with Crippen molar-refractivity contribution in [3.8, 4) is 0 Å². The van der Waals surface area contributed by atoms with E-state index >= 15 is 0 Å². The molecule has 0 aliphatic rings. The second kappa shape index (κ2) is 7.88. The number of anilines is 2. The van der Waals surface area contributed by atoms with Gasteiger partial charge in [-0.15, -0.1) is 11.3 Å². The summed E-state index contributed by atoms with van der Waals surface area (Å²) in [5, 5.41) is 8.37. The number of hydrogen-bond acceptors (Lipinski definition) is 5. The molecule has 0 spiro atoms. The van der Waals surface area contributed by atoms with Gasteiger partial charge < -0.3 is 10.6 Å². The number of nitrogens with one attached hydrogen (secondary N) is 2. The van der Waals surface area contributed by atoms with Crippen LogP contribution in [0.4, 0.5) is 15.2 Å². The van der Waals surface area contributed by atoms with Crippen LogP contribution in [0.1, 0.15) is 33.3 Å². The summed E-state index contributed by atoms with van der Waals surface area (Å²) in [4.78, 5) is 27.7. The van der Waals surface area contributed by atoms with Crippen LogP contribution in [-0.4, -0.2) is 16.7 Å². The van der Waals surface area contributed by atoms with E-state index in [1.54, 1.807) is 18.2 Å². The minimum Gasteiger partial charge on any atom is -0.346 e. The molecule has 0 aliphatic carbocycles. The number of ketones is 1. The maximum atomic E-state index is 13.2. The number of carbonyl (C=O) groups excluding carboxylic acids is 2. The van der Waals surface area contributed by atoms with E-state index in [0.29, 0.717) is 16.4 Å². The molecule has 0 saturated carbocycles. The maximum Gasteiger partial charge on any atom is 0.251 e. The Labute approximate surface area is 153 Å². The Bertz CT molecular complexity index is 938. The van der Waals surface area contributed by atoms with Crippen molar-refractivity contribution in [1.82, 2.24) is 10.3 Å². The second-order valence-electron chi connectivity index (χ2n) is 5.60. The van der Waals surface area contributed by atoms with Crippen LogP contribution in [0.3, 0.4) is 0 Å². The van der Waals surface area contributed by atoms with Gasteiger partial charge in [0.25, 0.3) is 5.91 Å². The van der Waals surface area contributed by atoms with Gasteiger partial charge in [-0.05, 0) is 49.4 Å². The fourth-order valence-electron chi connectivity index (χ4n) is 2.26. The summed E-state index contributed by atoms with van der Waals surface area (Å²) in [7, 11) is 0. The van der Waals surface area contributed by atoms with E-state index in [1.165, 1.54) is 36.5 Å². The van der Waals surface area contributed by atoms with E-state index in [0.717, 1.165) is 5.69 Å². The van der Waals surface area contributed by atoms with Crippen molar-refractivity contribution in [3.05, 3.63) is 76.5 Å². The number of benzene rings is 2. The lowest BCUT2D eigenvalue weighted by atomic mass is 10.1. The predicted octanol–water partition coefficient (Wildman–Crippen LogP) is 4.16. The number of nitrogens with zero attached hydrogens (tertiary/aromatic N) is 1. The third-order valence-electron chi connectivity index (χ3n) is 3.61. The molecule has 5 nitrogen and oxygen atoms in total. The molecule has 1 amide bonds. The molecular formula is C19H16FN3O2S. The Morgan fingerprint density at radius 3 is 2.58 bits per heavy atom. The SMILES string of the molecule is CC(=O)c1ccc(Nc2nc(CNC(=O)c3cccc(F)c3)cs2)cc1. The van der Waals surface area contributed by atoms with Crippen molar-refractivity contribution in [2.75, 3.05) is 5.32 Å². The van der Waals surface area contributed by atoms with Crippen molar-refractivity contribution in [1.29, 1.82) is 0 Å². The van der Waals surface area contributed by atoms with E-state index in [-0.39, 0.29) is 23.8 Å². The number of rotatable bonds is 6. The molecule has 0 atom stereocenters. The van der Waals surface area contributed by atoms with Crippen LogP contribution in [0.15, 0.2) is 53.9 Å². The molecule has 26 heavy (non-hydrogen) atoms. The predicted molar refractivity (Wildman–Crippen MR) is 99.4 cm³/mol. The number of carbonyl (C=O) groups is 2. The molecule has 7 heteroatoms. The lowest BCUT2D eigenvalue weighted by molar-refractivity contribution is 0.0949. The van der Waals surface area contributed by atoms with Crippen molar-refractivity contribution < 1.29 is 14.0 Å². The molecule has 0 fully saturated rings. The first kappa shape index (κ1) is 17.8. The molecular weight excluding hydrogens is 353 g/mol. The molecule has 3 rings (SSSR count). The third-order valence-corrected chi connectivity index (χ3v) is 4.42. The summed E-state index contributed by atoms with van der Waals surface area (Å²) in [6, 6.07) is 12.6. The highest BCUT2D eigenvalue weighted by atomic mass is 32.1.